The van der Waals surface area contributed by atoms with Gasteiger partial charge in [0.2, 0.25) is 12.2 Å². The summed E-state index contributed by atoms with van der Waals surface area (Å²) in [6, 6.07) is -2.68. The molecule has 2 rings (SSSR count). The molecule has 42 heavy (non-hydrogen) atoms. The van der Waals surface area contributed by atoms with E-state index in [2.05, 4.69) is 16.0 Å². The number of hydrogen-bond donors (Lipinski definition) is 11. The minimum Gasteiger partial charge on any atom is -0.467 e. The Bertz CT molecular complexity index is 827. The van der Waals surface area contributed by atoms with Gasteiger partial charge in [-0.2, -0.15) is 0 Å². The summed E-state index contributed by atoms with van der Waals surface area (Å²) in [7, 11) is 1.64. The average Bonchev–Trinajstić information content (AvgIpc) is 2.97. The highest BCUT2D eigenvalue weighted by Crippen LogP contribution is 2.30. The third-order valence-corrected chi connectivity index (χ3v) is 7.39. The van der Waals surface area contributed by atoms with Crippen LogP contribution in [0.4, 0.5) is 0 Å². The van der Waals surface area contributed by atoms with E-state index in [1.54, 1.807) is 14.0 Å². The summed E-state index contributed by atoms with van der Waals surface area (Å²) in [4.78, 5) is 12.7. The van der Waals surface area contributed by atoms with Crippen LogP contribution < -0.4 is 38.9 Å². The normalized spacial score (nSPS) is 31.8. The van der Waals surface area contributed by atoms with Crippen LogP contribution in [0, 0.1) is 0 Å². The number of amides is 1. The summed E-state index contributed by atoms with van der Waals surface area (Å²) < 4.78 is 24.0. The Morgan fingerprint density at radius 1 is 1.21 bits per heavy atom. The van der Waals surface area contributed by atoms with E-state index in [0.717, 1.165) is 0 Å². The highest BCUT2D eigenvalue weighted by atomic mass is 16.7. The first-order valence-electron chi connectivity index (χ1n) is 14.5. The summed E-state index contributed by atoms with van der Waals surface area (Å²) in [6.45, 7) is 3.76. The van der Waals surface area contributed by atoms with Crippen molar-refractivity contribution in [3.8, 4) is 0 Å². The second-order valence-electron chi connectivity index (χ2n) is 10.9. The highest BCUT2D eigenvalue weighted by molar-refractivity contribution is 5.80. The fourth-order valence-electron chi connectivity index (χ4n) is 4.83. The molecular weight excluding hydrogens is 554 g/mol. The maximum atomic E-state index is 12.7. The lowest BCUT2D eigenvalue weighted by Gasteiger charge is -2.46. The van der Waals surface area contributed by atoms with Crippen molar-refractivity contribution in [1.29, 1.82) is 0 Å². The summed E-state index contributed by atoms with van der Waals surface area (Å²) in [6.07, 6.45) is -6.04. The first-order valence-corrected chi connectivity index (χ1v) is 14.5. The minimum atomic E-state index is -1.45. The van der Waals surface area contributed by atoms with Crippen molar-refractivity contribution in [2.24, 2.45) is 22.9 Å². The zero-order chi connectivity index (χ0) is 31.4. The van der Waals surface area contributed by atoms with Crippen molar-refractivity contribution in [3.05, 3.63) is 11.8 Å². The molecule has 1 amide bonds. The zero-order valence-electron chi connectivity index (χ0n) is 24.8. The fourth-order valence-corrected chi connectivity index (χ4v) is 4.83. The molecule has 1 aliphatic carbocycles. The Labute approximate surface area is 247 Å². The molecule has 246 valence electrons. The van der Waals surface area contributed by atoms with Gasteiger partial charge in [-0.3, -0.25) is 4.79 Å². The number of hydrogen-bond acceptors (Lipinski definition) is 15. The number of likely N-dealkylation sites (N-methyl/N-ethyl adjacent to an activating group) is 1. The predicted octanol–water partition coefficient (Wildman–Crippen LogP) is -4.76. The van der Waals surface area contributed by atoms with Gasteiger partial charge in [0.05, 0.1) is 31.8 Å². The van der Waals surface area contributed by atoms with Crippen LogP contribution in [0.25, 0.3) is 0 Å². The van der Waals surface area contributed by atoms with Gasteiger partial charge >= 0.3 is 0 Å². The van der Waals surface area contributed by atoms with E-state index in [0.29, 0.717) is 18.7 Å². The third-order valence-electron chi connectivity index (χ3n) is 7.39. The van der Waals surface area contributed by atoms with E-state index < -0.39 is 67.1 Å². The van der Waals surface area contributed by atoms with Gasteiger partial charge in [-0.15, -0.1) is 0 Å². The monoisotopic (exact) mass is 607 g/mol. The maximum Gasteiger partial charge on any atom is 0.249 e. The molecule has 16 nitrogen and oxygen atoms in total. The number of carbonyl (C=O) groups is 1. The predicted molar refractivity (Wildman–Crippen MR) is 153 cm³/mol. The van der Waals surface area contributed by atoms with E-state index in [1.165, 1.54) is 0 Å². The number of nitrogens with one attached hydrogen (secondary N) is 3. The van der Waals surface area contributed by atoms with Gasteiger partial charge in [0.25, 0.3) is 0 Å². The second-order valence-corrected chi connectivity index (χ2v) is 10.9. The van der Waals surface area contributed by atoms with E-state index >= 15 is 0 Å². The summed E-state index contributed by atoms with van der Waals surface area (Å²) in [5, 5.41) is 51.0. The molecule has 2 aliphatic rings. The van der Waals surface area contributed by atoms with E-state index in [9.17, 15) is 25.2 Å². The van der Waals surface area contributed by atoms with Crippen molar-refractivity contribution in [2.75, 3.05) is 39.9 Å². The lowest BCUT2D eigenvalue weighted by molar-refractivity contribution is -0.273. The second kappa shape index (κ2) is 18.3. The molecule has 0 unspecified atom stereocenters. The zero-order valence-corrected chi connectivity index (χ0v) is 24.8. The summed E-state index contributed by atoms with van der Waals surface area (Å²) in [5.74, 6) is -0.200. The molecule has 15 N–H and O–H groups in total. The Kier molecular flexibility index (Phi) is 16.0. The average molecular weight is 608 g/mol. The van der Waals surface area contributed by atoms with Gasteiger partial charge in [0.1, 0.15) is 36.3 Å². The van der Waals surface area contributed by atoms with Crippen molar-refractivity contribution in [2.45, 2.75) is 106 Å². The van der Waals surface area contributed by atoms with Crippen molar-refractivity contribution in [3.63, 3.8) is 0 Å². The van der Waals surface area contributed by atoms with E-state index in [1.807, 2.05) is 13.0 Å². The molecule has 0 spiro atoms. The Morgan fingerprint density at radius 2 is 1.93 bits per heavy atom. The first-order chi connectivity index (χ1) is 20.0. The van der Waals surface area contributed by atoms with E-state index in [-0.39, 0.29) is 51.2 Å². The maximum absolute atomic E-state index is 12.7. The summed E-state index contributed by atoms with van der Waals surface area (Å²) in [5.41, 5.74) is 23.7. The van der Waals surface area contributed by atoms with Gasteiger partial charge < -0.3 is 78.3 Å². The largest absolute Gasteiger partial charge is 0.467 e. The lowest BCUT2D eigenvalue weighted by Crippen LogP contribution is -2.67. The number of aliphatic hydroxyl groups is 4. The standard InChI is InChI=1S/C26H53N7O9/c1-13(29)12-32-17-5-4-15(11-28)40-25(17)41-22-16(30)10-18(33-24(38)19(35)6-7-27)23(21(22)37)42-26(39-9-8-34)20(36)14(2)31-3/h4,13-14,16-23,25-26,31-32,34-37H,5-12,27-30H2,1-3H3,(H,33,38)/t13-,14-,16-,17+,18+,19-,20+,21-,22+,23-,25+,26+/m0/s1. The molecule has 1 heterocycles. The molecule has 1 fully saturated rings. The van der Waals surface area contributed by atoms with Crippen LogP contribution in [0.15, 0.2) is 11.8 Å². The molecule has 12 atom stereocenters. The quantitative estimate of drug-likeness (QED) is 0.0653. The number of ether oxygens (including phenoxy) is 4. The molecule has 0 bridgehead atoms. The molecule has 0 radical (unpaired) electrons. The number of rotatable bonds is 18. The van der Waals surface area contributed by atoms with Crippen LogP contribution in [0.3, 0.4) is 0 Å². The molecular formula is C26H53N7O9. The molecule has 0 saturated heterocycles. The Balaban J connectivity index is 2.36. The Hall–Kier alpha value is -1.51. The Morgan fingerprint density at radius 3 is 2.52 bits per heavy atom. The number of nitrogens with two attached hydrogens (primary N) is 4. The van der Waals surface area contributed by atoms with Crippen molar-refractivity contribution < 1.29 is 44.2 Å². The topological polar surface area (TPSA) is 275 Å². The van der Waals surface area contributed by atoms with Crippen molar-refractivity contribution >= 4 is 5.91 Å². The van der Waals surface area contributed by atoms with Crippen LogP contribution in [-0.4, -0.2) is 140 Å². The molecule has 1 saturated carbocycles. The van der Waals surface area contributed by atoms with Crippen LogP contribution in [0.5, 0.6) is 0 Å². The molecule has 1 aliphatic heterocycles. The van der Waals surface area contributed by atoms with Crippen LogP contribution >= 0.6 is 0 Å². The van der Waals surface area contributed by atoms with Gasteiger partial charge in [-0.05, 0) is 52.8 Å². The van der Waals surface area contributed by atoms with Gasteiger partial charge in [-0.1, -0.05) is 0 Å². The van der Waals surface area contributed by atoms with Gasteiger partial charge in [0, 0.05) is 24.7 Å². The van der Waals surface area contributed by atoms with Crippen LogP contribution in [0.2, 0.25) is 0 Å². The van der Waals surface area contributed by atoms with Crippen molar-refractivity contribution in [1.82, 2.24) is 16.0 Å². The smallest absolute Gasteiger partial charge is 0.249 e. The van der Waals surface area contributed by atoms with Gasteiger partial charge in [-0.25, -0.2) is 0 Å². The molecule has 0 aromatic rings. The van der Waals surface area contributed by atoms with E-state index in [4.69, 9.17) is 41.9 Å². The van der Waals surface area contributed by atoms with Crippen LogP contribution in [-0.2, 0) is 23.7 Å². The number of aliphatic hydroxyl groups excluding tert-OH is 4. The minimum absolute atomic E-state index is 0.0247. The fraction of sp³-hybridized carbons (Fsp3) is 0.885. The molecule has 0 aromatic heterocycles. The first kappa shape index (κ1) is 36.7. The number of carbonyl (C=O) groups excluding carboxylic acids is 1. The lowest BCUT2D eigenvalue weighted by atomic mass is 9.83. The SMILES string of the molecule is CN[C@@H](C)[C@@H](O)[C@H](OCCO)O[C@@H]1[C@@H](O)[C@H](O[C@H]2OC(CN)=CC[C@H]2NC[C@H](C)N)[C@@H](N)C[C@H]1NC(=O)[C@@H](O)CCN. The van der Waals surface area contributed by atoms with Crippen LogP contribution in [0.1, 0.15) is 33.1 Å². The highest BCUT2D eigenvalue weighted by Gasteiger charge is 2.49. The third kappa shape index (κ3) is 10.6. The van der Waals surface area contributed by atoms with Gasteiger partial charge in [0.15, 0.2) is 6.29 Å². The molecule has 0 aromatic carbocycles. The molecule has 16 heteroatoms. The summed E-state index contributed by atoms with van der Waals surface area (Å²) >= 11 is 0.